The van der Waals surface area contributed by atoms with Crippen molar-refractivity contribution in [3.8, 4) is 0 Å². The summed E-state index contributed by atoms with van der Waals surface area (Å²) in [6.07, 6.45) is 2.41. The second-order valence-corrected chi connectivity index (χ2v) is 4.66. The molecule has 1 N–H and O–H groups in total. The Morgan fingerprint density at radius 1 is 1.43 bits per heavy atom. The summed E-state index contributed by atoms with van der Waals surface area (Å²) in [5.74, 6) is 0. The van der Waals surface area contributed by atoms with Gasteiger partial charge in [0.05, 0.1) is 11.9 Å². The van der Waals surface area contributed by atoms with Crippen molar-refractivity contribution < 1.29 is 12.8 Å². The molecule has 0 aliphatic heterocycles. The zero-order valence-corrected chi connectivity index (χ0v) is 8.21. The molecular formula is C8H8N2O3S. The highest BCUT2D eigenvalue weighted by atomic mass is 32.2. The van der Waals surface area contributed by atoms with Gasteiger partial charge in [0.2, 0.25) is 10.0 Å². The van der Waals surface area contributed by atoms with Crippen LogP contribution in [0.1, 0.15) is 0 Å². The first-order valence-electron chi connectivity index (χ1n) is 3.86. The fraction of sp³-hybridized carbons (Fsp3) is 0.125. The van der Waals surface area contributed by atoms with Crippen molar-refractivity contribution in [2.45, 2.75) is 0 Å². The van der Waals surface area contributed by atoms with Gasteiger partial charge in [-0.05, 0) is 18.2 Å². The van der Waals surface area contributed by atoms with Crippen molar-refractivity contribution in [2.75, 3.05) is 11.0 Å². The number of hydrogen-bond donors (Lipinski definition) is 1. The van der Waals surface area contributed by atoms with Crippen LogP contribution < -0.4 is 4.72 Å². The topological polar surface area (TPSA) is 72.2 Å². The molecule has 0 aliphatic carbocycles. The highest BCUT2D eigenvalue weighted by Gasteiger charge is 2.04. The van der Waals surface area contributed by atoms with Crippen molar-refractivity contribution in [1.29, 1.82) is 0 Å². The van der Waals surface area contributed by atoms with E-state index in [4.69, 9.17) is 4.42 Å². The molecular weight excluding hydrogens is 204 g/mol. The van der Waals surface area contributed by atoms with Gasteiger partial charge in [0.25, 0.3) is 0 Å². The number of fused-ring (bicyclic) bond motifs is 1. The van der Waals surface area contributed by atoms with E-state index in [1.807, 2.05) is 0 Å². The maximum absolute atomic E-state index is 10.9. The standard InChI is InChI=1S/C8H8N2O3S/c1-14(11,12)10-6-2-3-8-7(4-6)9-5-13-8/h2-5,10H,1H3. The van der Waals surface area contributed by atoms with Gasteiger partial charge < -0.3 is 4.42 Å². The fourth-order valence-corrected chi connectivity index (χ4v) is 1.69. The Balaban J connectivity index is 2.44. The Hall–Kier alpha value is -1.56. The molecule has 1 aromatic carbocycles. The van der Waals surface area contributed by atoms with Gasteiger partial charge in [-0.2, -0.15) is 0 Å². The number of sulfonamides is 1. The van der Waals surface area contributed by atoms with Gasteiger partial charge in [0, 0.05) is 0 Å². The fourth-order valence-electron chi connectivity index (χ4n) is 1.14. The van der Waals surface area contributed by atoms with E-state index in [0.29, 0.717) is 16.8 Å². The second kappa shape index (κ2) is 2.98. The monoisotopic (exact) mass is 212 g/mol. The zero-order chi connectivity index (χ0) is 10.2. The molecule has 74 valence electrons. The third-order valence-electron chi connectivity index (χ3n) is 1.63. The van der Waals surface area contributed by atoms with Crippen molar-refractivity contribution in [3.63, 3.8) is 0 Å². The number of nitrogens with one attached hydrogen (secondary N) is 1. The van der Waals surface area contributed by atoms with Crippen molar-refractivity contribution in [3.05, 3.63) is 24.6 Å². The number of benzene rings is 1. The molecule has 0 atom stereocenters. The molecule has 0 saturated carbocycles. The summed E-state index contributed by atoms with van der Waals surface area (Å²) >= 11 is 0. The molecule has 0 saturated heterocycles. The molecule has 0 aliphatic rings. The van der Waals surface area contributed by atoms with Gasteiger partial charge in [-0.3, -0.25) is 4.72 Å². The molecule has 0 fully saturated rings. The first-order valence-corrected chi connectivity index (χ1v) is 5.75. The maximum Gasteiger partial charge on any atom is 0.229 e. The van der Waals surface area contributed by atoms with Crippen LogP contribution in [0, 0.1) is 0 Å². The molecule has 6 heteroatoms. The molecule has 1 heterocycles. The molecule has 0 spiro atoms. The zero-order valence-electron chi connectivity index (χ0n) is 7.39. The van der Waals surface area contributed by atoms with Gasteiger partial charge >= 0.3 is 0 Å². The Labute approximate surface area is 80.8 Å². The van der Waals surface area contributed by atoms with E-state index in [-0.39, 0.29) is 0 Å². The largest absolute Gasteiger partial charge is 0.443 e. The van der Waals surface area contributed by atoms with Gasteiger partial charge in [0.1, 0.15) is 5.52 Å². The first-order chi connectivity index (χ1) is 6.54. The molecule has 0 radical (unpaired) electrons. The van der Waals surface area contributed by atoms with Gasteiger partial charge in [-0.15, -0.1) is 0 Å². The van der Waals surface area contributed by atoms with Crippen LogP contribution in [-0.4, -0.2) is 19.7 Å². The van der Waals surface area contributed by atoms with Crippen LogP contribution in [0.2, 0.25) is 0 Å². The minimum absolute atomic E-state index is 0.480. The third-order valence-corrected chi connectivity index (χ3v) is 2.24. The quantitative estimate of drug-likeness (QED) is 0.811. The normalized spacial score (nSPS) is 11.8. The molecule has 14 heavy (non-hydrogen) atoms. The Kier molecular flexibility index (Phi) is 1.92. The van der Waals surface area contributed by atoms with E-state index in [9.17, 15) is 8.42 Å². The van der Waals surface area contributed by atoms with Crippen LogP contribution in [-0.2, 0) is 10.0 Å². The second-order valence-electron chi connectivity index (χ2n) is 2.91. The number of oxazole rings is 1. The summed E-state index contributed by atoms with van der Waals surface area (Å²) in [6.45, 7) is 0. The molecule has 1 aromatic heterocycles. The Bertz CT molecular complexity index is 559. The molecule has 2 rings (SSSR count). The van der Waals surface area contributed by atoms with Crippen LogP contribution in [0.5, 0.6) is 0 Å². The van der Waals surface area contributed by atoms with Crippen LogP contribution in [0.4, 0.5) is 5.69 Å². The predicted molar refractivity (Wildman–Crippen MR) is 52.5 cm³/mol. The van der Waals surface area contributed by atoms with Gasteiger partial charge in [-0.1, -0.05) is 0 Å². The summed E-state index contributed by atoms with van der Waals surface area (Å²) < 4.78 is 29.2. The minimum Gasteiger partial charge on any atom is -0.443 e. The minimum atomic E-state index is -3.24. The first kappa shape index (κ1) is 9.01. The third kappa shape index (κ3) is 1.85. The molecule has 0 unspecified atom stereocenters. The van der Waals surface area contributed by atoms with E-state index >= 15 is 0 Å². The highest BCUT2D eigenvalue weighted by molar-refractivity contribution is 7.92. The molecule has 5 nitrogen and oxygen atoms in total. The smallest absolute Gasteiger partial charge is 0.229 e. The Morgan fingerprint density at radius 2 is 2.21 bits per heavy atom. The van der Waals surface area contributed by atoms with Gasteiger partial charge in [-0.25, -0.2) is 13.4 Å². The van der Waals surface area contributed by atoms with Crippen LogP contribution >= 0.6 is 0 Å². The van der Waals surface area contributed by atoms with Crippen molar-refractivity contribution in [1.82, 2.24) is 4.98 Å². The lowest BCUT2D eigenvalue weighted by molar-refractivity contribution is 0.602. The number of hydrogen-bond acceptors (Lipinski definition) is 4. The number of anilines is 1. The highest BCUT2D eigenvalue weighted by Crippen LogP contribution is 2.17. The van der Waals surface area contributed by atoms with E-state index in [1.54, 1.807) is 18.2 Å². The average Bonchev–Trinajstić information content (AvgIpc) is 2.47. The van der Waals surface area contributed by atoms with E-state index < -0.39 is 10.0 Å². The van der Waals surface area contributed by atoms with Crippen LogP contribution in [0.3, 0.4) is 0 Å². The number of aromatic nitrogens is 1. The lowest BCUT2D eigenvalue weighted by Crippen LogP contribution is -2.09. The lowest BCUT2D eigenvalue weighted by atomic mass is 10.3. The number of nitrogens with zero attached hydrogens (tertiary/aromatic N) is 1. The maximum atomic E-state index is 10.9. The summed E-state index contributed by atoms with van der Waals surface area (Å²) in [4.78, 5) is 3.91. The lowest BCUT2D eigenvalue weighted by Gasteiger charge is -2.01. The molecule has 0 amide bonds. The predicted octanol–water partition coefficient (Wildman–Crippen LogP) is 1.20. The summed E-state index contributed by atoms with van der Waals surface area (Å²) in [6, 6.07) is 4.89. The van der Waals surface area contributed by atoms with E-state index in [0.717, 1.165) is 6.26 Å². The van der Waals surface area contributed by atoms with Crippen LogP contribution in [0.25, 0.3) is 11.1 Å². The van der Waals surface area contributed by atoms with Crippen molar-refractivity contribution in [2.24, 2.45) is 0 Å². The summed E-state index contributed by atoms with van der Waals surface area (Å²) in [5, 5.41) is 0. The average molecular weight is 212 g/mol. The SMILES string of the molecule is CS(=O)(=O)Nc1ccc2ocnc2c1. The molecule has 2 aromatic rings. The summed E-state index contributed by atoms with van der Waals surface area (Å²) in [5.41, 5.74) is 1.73. The van der Waals surface area contributed by atoms with E-state index in [2.05, 4.69) is 9.71 Å². The number of rotatable bonds is 2. The van der Waals surface area contributed by atoms with Gasteiger partial charge in [0.15, 0.2) is 12.0 Å². The Morgan fingerprint density at radius 3 is 2.93 bits per heavy atom. The summed E-state index contributed by atoms with van der Waals surface area (Å²) in [7, 11) is -3.24. The molecule has 0 bridgehead atoms. The van der Waals surface area contributed by atoms with E-state index in [1.165, 1.54) is 6.39 Å². The van der Waals surface area contributed by atoms with Crippen LogP contribution in [0.15, 0.2) is 29.0 Å². The van der Waals surface area contributed by atoms with Crippen molar-refractivity contribution >= 4 is 26.8 Å².